The molecule has 0 bridgehead atoms. The lowest BCUT2D eigenvalue weighted by Gasteiger charge is -2.14. The topological polar surface area (TPSA) is 83.6 Å². The Morgan fingerprint density at radius 2 is 2.15 bits per heavy atom. The quantitative estimate of drug-likeness (QED) is 0.776. The molecule has 0 fully saturated rings. The van der Waals surface area contributed by atoms with Crippen molar-refractivity contribution in [2.24, 2.45) is 0 Å². The molecular weight excluding hydrogens is 351 g/mol. The third-order valence-corrected chi connectivity index (χ3v) is 4.30. The van der Waals surface area contributed by atoms with E-state index >= 15 is 0 Å². The second-order valence-corrected chi connectivity index (χ2v) is 6.21. The Kier molecular flexibility index (Phi) is 5.54. The van der Waals surface area contributed by atoms with Gasteiger partial charge in [0.05, 0.1) is 24.9 Å². The number of pyridine rings is 1. The van der Waals surface area contributed by atoms with Gasteiger partial charge in [-0.25, -0.2) is 9.37 Å². The van der Waals surface area contributed by atoms with Gasteiger partial charge < -0.3 is 20.3 Å². The maximum absolute atomic E-state index is 13.3. The van der Waals surface area contributed by atoms with Gasteiger partial charge in [0.1, 0.15) is 17.4 Å². The molecular formula is C19H21FN4O3. The summed E-state index contributed by atoms with van der Waals surface area (Å²) < 4.78 is 18.5. The van der Waals surface area contributed by atoms with Crippen LogP contribution in [0.5, 0.6) is 5.75 Å². The fourth-order valence-electron chi connectivity index (χ4n) is 2.94. The van der Waals surface area contributed by atoms with Crippen LogP contribution in [0, 0.1) is 5.82 Å². The number of amides is 2. The highest BCUT2D eigenvalue weighted by Crippen LogP contribution is 2.24. The van der Waals surface area contributed by atoms with E-state index in [-0.39, 0.29) is 17.6 Å². The van der Waals surface area contributed by atoms with Gasteiger partial charge in [0.15, 0.2) is 0 Å². The number of rotatable bonds is 7. The van der Waals surface area contributed by atoms with Crippen molar-refractivity contribution in [3.63, 3.8) is 0 Å². The van der Waals surface area contributed by atoms with Crippen LogP contribution in [-0.4, -0.2) is 41.9 Å². The monoisotopic (exact) mass is 372 g/mol. The molecule has 2 heterocycles. The van der Waals surface area contributed by atoms with Crippen LogP contribution in [0.25, 0.3) is 0 Å². The second-order valence-electron chi connectivity index (χ2n) is 6.21. The Labute approximate surface area is 156 Å². The molecule has 0 saturated carbocycles. The van der Waals surface area contributed by atoms with E-state index in [9.17, 15) is 14.0 Å². The van der Waals surface area contributed by atoms with E-state index in [1.165, 1.54) is 26.2 Å². The minimum Gasteiger partial charge on any atom is -0.496 e. The highest BCUT2D eigenvalue weighted by Gasteiger charge is 2.28. The molecule has 1 aliphatic rings. The molecule has 7 nitrogen and oxygen atoms in total. The van der Waals surface area contributed by atoms with Crippen LogP contribution in [-0.2, 0) is 17.9 Å². The first-order valence-electron chi connectivity index (χ1n) is 8.58. The predicted molar refractivity (Wildman–Crippen MR) is 97.9 cm³/mol. The largest absolute Gasteiger partial charge is 0.496 e. The minimum absolute atomic E-state index is 0.0883. The maximum atomic E-state index is 13.3. The summed E-state index contributed by atoms with van der Waals surface area (Å²) in [6, 6.07) is 7.85. The summed E-state index contributed by atoms with van der Waals surface area (Å²) in [5, 5.41) is 5.85. The molecule has 1 aliphatic heterocycles. The molecule has 3 rings (SSSR count). The van der Waals surface area contributed by atoms with Crippen molar-refractivity contribution in [1.29, 1.82) is 0 Å². The summed E-state index contributed by atoms with van der Waals surface area (Å²) in [6.45, 7) is 3.10. The van der Waals surface area contributed by atoms with Crippen molar-refractivity contribution in [2.75, 3.05) is 25.5 Å². The zero-order valence-electron chi connectivity index (χ0n) is 15.2. The number of hydrogen-bond acceptors (Lipinski definition) is 5. The molecule has 0 aliphatic carbocycles. The number of carbonyl (C=O) groups is 2. The smallest absolute Gasteiger partial charge is 0.256 e. The fraction of sp³-hybridized carbons (Fsp3) is 0.316. The van der Waals surface area contributed by atoms with Crippen molar-refractivity contribution < 1.29 is 18.7 Å². The van der Waals surface area contributed by atoms with E-state index in [1.807, 2.05) is 0 Å². The first-order chi connectivity index (χ1) is 13.0. The summed E-state index contributed by atoms with van der Waals surface area (Å²) in [5.74, 6) is 0.512. The van der Waals surface area contributed by atoms with Crippen LogP contribution in [0.15, 0.2) is 30.3 Å². The van der Waals surface area contributed by atoms with Crippen molar-refractivity contribution in [3.05, 3.63) is 53.0 Å². The Balaban J connectivity index is 1.64. The molecule has 0 radical (unpaired) electrons. The van der Waals surface area contributed by atoms with Gasteiger partial charge in [-0.2, -0.15) is 0 Å². The third kappa shape index (κ3) is 4.33. The van der Waals surface area contributed by atoms with Crippen molar-refractivity contribution >= 4 is 17.6 Å². The summed E-state index contributed by atoms with van der Waals surface area (Å²) >= 11 is 0. The molecule has 0 saturated heterocycles. The molecule has 2 amide bonds. The Morgan fingerprint density at radius 3 is 2.89 bits per heavy atom. The number of methoxy groups -OCH3 is 1. The van der Waals surface area contributed by atoms with Crippen molar-refractivity contribution in [1.82, 2.24) is 15.2 Å². The molecule has 2 N–H and O–H groups in total. The van der Waals surface area contributed by atoms with Crippen LogP contribution in [0.2, 0.25) is 0 Å². The number of halogens is 1. The number of fused-ring (bicyclic) bond motifs is 1. The SMILES string of the molecule is COc1cc(F)ccc1CNc1ccc2c(n1)CN(CCNC(C)=O)C2=O. The van der Waals surface area contributed by atoms with Crippen LogP contribution < -0.4 is 15.4 Å². The molecule has 142 valence electrons. The second kappa shape index (κ2) is 8.03. The summed E-state index contributed by atoms with van der Waals surface area (Å²) in [6.07, 6.45) is 0. The van der Waals surface area contributed by atoms with E-state index in [0.717, 1.165) is 5.56 Å². The maximum Gasteiger partial charge on any atom is 0.256 e. The lowest BCUT2D eigenvalue weighted by atomic mass is 10.2. The van der Waals surface area contributed by atoms with Crippen molar-refractivity contribution in [3.8, 4) is 5.75 Å². The lowest BCUT2D eigenvalue weighted by Crippen LogP contribution is -2.34. The van der Waals surface area contributed by atoms with Gasteiger partial charge in [-0.1, -0.05) is 6.07 Å². The number of benzene rings is 1. The predicted octanol–water partition coefficient (Wildman–Crippen LogP) is 1.93. The van der Waals surface area contributed by atoms with Crippen LogP contribution in [0.1, 0.15) is 28.5 Å². The van der Waals surface area contributed by atoms with Crippen LogP contribution in [0.4, 0.5) is 10.2 Å². The summed E-state index contributed by atoms with van der Waals surface area (Å²) in [4.78, 5) is 29.5. The number of anilines is 1. The standard InChI is InChI=1S/C19H21FN4O3/c1-12(25)21-7-8-24-11-16-15(19(24)26)5-6-18(23-16)22-10-13-3-4-14(20)9-17(13)27-2/h3-6,9H,7-8,10-11H2,1-2H3,(H,21,25)(H,22,23). The Morgan fingerprint density at radius 1 is 1.33 bits per heavy atom. The number of carbonyl (C=O) groups excluding carboxylic acids is 2. The van der Waals surface area contributed by atoms with Gasteiger partial charge in [0.25, 0.3) is 5.91 Å². The Hall–Kier alpha value is -3.16. The first-order valence-corrected chi connectivity index (χ1v) is 8.58. The number of hydrogen-bond donors (Lipinski definition) is 2. The first kappa shape index (κ1) is 18.6. The molecule has 1 aromatic carbocycles. The van der Waals surface area contributed by atoms with Gasteiger partial charge >= 0.3 is 0 Å². The average Bonchev–Trinajstić information content (AvgIpc) is 2.95. The Bertz CT molecular complexity index is 872. The normalized spacial score (nSPS) is 12.7. The average molecular weight is 372 g/mol. The highest BCUT2D eigenvalue weighted by molar-refractivity contribution is 5.98. The van der Waals surface area contributed by atoms with E-state index in [4.69, 9.17) is 4.74 Å². The number of nitrogens with one attached hydrogen (secondary N) is 2. The number of nitrogens with zero attached hydrogens (tertiary/aromatic N) is 2. The van der Waals surface area contributed by atoms with Crippen LogP contribution >= 0.6 is 0 Å². The summed E-state index contributed by atoms with van der Waals surface area (Å²) in [5.41, 5.74) is 2.07. The van der Waals surface area contributed by atoms with Gasteiger partial charge in [-0.05, 0) is 18.2 Å². The number of ether oxygens (including phenoxy) is 1. The molecule has 2 aromatic rings. The number of aromatic nitrogens is 1. The fourth-order valence-corrected chi connectivity index (χ4v) is 2.94. The molecule has 0 unspecified atom stereocenters. The third-order valence-electron chi connectivity index (χ3n) is 4.30. The minimum atomic E-state index is -0.357. The lowest BCUT2D eigenvalue weighted by molar-refractivity contribution is -0.119. The molecule has 0 atom stereocenters. The van der Waals surface area contributed by atoms with E-state index in [0.29, 0.717) is 49.0 Å². The van der Waals surface area contributed by atoms with E-state index in [2.05, 4.69) is 15.6 Å². The molecule has 27 heavy (non-hydrogen) atoms. The zero-order valence-corrected chi connectivity index (χ0v) is 15.2. The van der Waals surface area contributed by atoms with Crippen LogP contribution in [0.3, 0.4) is 0 Å². The molecule has 1 aromatic heterocycles. The van der Waals surface area contributed by atoms with Gasteiger partial charge in [-0.3, -0.25) is 9.59 Å². The molecule has 8 heteroatoms. The molecule has 0 spiro atoms. The van der Waals surface area contributed by atoms with Gasteiger partial charge in [0.2, 0.25) is 5.91 Å². The highest BCUT2D eigenvalue weighted by atomic mass is 19.1. The zero-order chi connectivity index (χ0) is 19.4. The summed E-state index contributed by atoms with van der Waals surface area (Å²) in [7, 11) is 1.49. The van der Waals surface area contributed by atoms with Gasteiger partial charge in [-0.15, -0.1) is 0 Å². The van der Waals surface area contributed by atoms with Gasteiger partial charge in [0, 0.05) is 38.2 Å². The van der Waals surface area contributed by atoms with E-state index in [1.54, 1.807) is 23.1 Å². The van der Waals surface area contributed by atoms with E-state index < -0.39 is 0 Å². The van der Waals surface area contributed by atoms with Crippen molar-refractivity contribution in [2.45, 2.75) is 20.0 Å².